The highest BCUT2D eigenvalue weighted by atomic mass is 16.5. The summed E-state index contributed by atoms with van der Waals surface area (Å²) in [6.07, 6.45) is 0.679. The van der Waals surface area contributed by atoms with Gasteiger partial charge in [0, 0.05) is 11.3 Å². The lowest BCUT2D eigenvalue weighted by Crippen LogP contribution is -2.20. The number of amides is 1. The first kappa shape index (κ1) is 18.8. The number of esters is 1. The highest BCUT2D eigenvalue weighted by Gasteiger charge is 2.10. The molecule has 0 aliphatic carbocycles. The number of anilines is 1. The van der Waals surface area contributed by atoms with Crippen LogP contribution in [-0.4, -0.2) is 24.8 Å². The number of aldehydes is 1. The lowest BCUT2D eigenvalue weighted by atomic mass is 10.1. The normalized spacial score (nSPS) is 10.0. The maximum Gasteiger partial charge on any atom is 0.338 e. The lowest BCUT2D eigenvalue weighted by molar-refractivity contribution is -0.119. The van der Waals surface area contributed by atoms with Gasteiger partial charge in [-0.15, -0.1) is 0 Å². The van der Waals surface area contributed by atoms with E-state index in [4.69, 9.17) is 9.47 Å². The Morgan fingerprint density at radius 2 is 1.46 bits per heavy atom. The number of ether oxygens (including phenoxy) is 2. The summed E-state index contributed by atoms with van der Waals surface area (Å²) in [6, 6.07) is 22.1. The van der Waals surface area contributed by atoms with E-state index in [1.807, 2.05) is 30.3 Å². The van der Waals surface area contributed by atoms with Gasteiger partial charge in [0.2, 0.25) is 0 Å². The van der Waals surface area contributed by atoms with Gasteiger partial charge in [-0.25, -0.2) is 4.79 Å². The molecule has 3 aromatic rings. The van der Waals surface area contributed by atoms with E-state index in [2.05, 4.69) is 5.32 Å². The molecule has 0 saturated heterocycles. The molecule has 0 saturated carbocycles. The van der Waals surface area contributed by atoms with Crippen molar-refractivity contribution < 1.29 is 23.9 Å². The molecule has 0 bridgehead atoms. The van der Waals surface area contributed by atoms with Crippen molar-refractivity contribution in [3.05, 3.63) is 90.0 Å². The van der Waals surface area contributed by atoms with Crippen LogP contribution in [0.15, 0.2) is 78.9 Å². The Morgan fingerprint density at radius 1 is 0.821 bits per heavy atom. The maximum absolute atomic E-state index is 12.0. The molecule has 1 amide bonds. The Morgan fingerprint density at radius 3 is 2.11 bits per heavy atom. The summed E-state index contributed by atoms with van der Waals surface area (Å²) >= 11 is 0. The molecular weight excluding hydrogens is 358 g/mol. The fourth-order valence-corrected chi connectivity index (χ4v) is 2.34. The van der Waals surface area contributed by atoms with Crippen LogP contribution < -0.4 is 10.1 Å². The third-order valence-corrected chi connectivity index (χ3v) is 3.73. The van der Waals surface area contributed by atoms with E-state index in [1.54, 1.807) is 24.3 Å². The fraction of sp³-hybridized carbons (Fsp3) is 0.0455. The average molecular weight is 375 g/mol. The highest BCUT2D eigenvalue weighted by Crippen LogP contribution is 2.22. The first-order valence-corrected chi connectivity index (χ1v) is 8.49. The van der Waals surface area contributed by atoms with E-state index in [1.165, 1.54) is 24.3 Å². The van der Waals surface area contributed by atoms with Gasteiger partial charge in [0.05, 0.1) is 5.56 Å². The monoisotopic (exact) mass is 375 g/mol. The Bertz CT molecular complexity index is 950. The van der Waals surface area contributed by atoms with E-state index >= 15 is 0 Å². The third kappa shape index (κ3) is 5.28. The van der Waals surface area contributed by atoms with Gasteiger partial charge in [-0.2, -0.15) is 0 Å². The fourth-order valence-electron chi connectivity index (χ4n) is 2.34. The van der Waals surface area contributed by atoms with Crippen molar-refractivity contribution in [2.75, 3.05) is 11.9 Å². The smallest absolute Gasteiger partial charge is 0.338 e. The van der Waals surface area contributed by atoms with Crippen molar-refractivity contribution in [2.45, 2.75) is 0 Å². The van der Waals surface area contributed by atoms with Gasteiger partial charge in [0.25, 0.3) is 5.91 Å². The number of nitrogens with one attached hydrogen (secondary N) is 1. The number of carbonyl (C=O) groups is 3. The van der Waals surface area contributed by atoms with Gasteiger partial charge >= 0.3 is 5.97 Å². The first-order valence-electron chi connectivity index (χ1n) is 8.49. The molecular formula is C22H17NO5. The summed E-state index contributed by atoms with van der Waals surface area (Å²) in [5.74, 6) is 0.246. The van der Waals surface area contributed by atoms with Crippen molar-refractivity contribution >= 4 is 23.9 Å². The maximum atomic E-state index is 12.0. The molecule has 0 aliphatic heterocycles. The second kappa shape index (κ2) is 9.14. The summed E-state index contributed by atoms with van der Waals surface area (Å²) < 4.78 is 10.7. The summed E-state index contributed by atoms with van der Waals surface area (Å²) in [4.78, 5) is 34.5. The zero-order chi connectivity index (χ0) is 19.8. The van der Waals surface area contributed by atoms with E-state index in [-0.39, 0.29) is 5.56 Å². The Labute approximate surface area is 161 Å². The molecule has 6 nitrogen and oxygen atoms in total. The molecule has 0 spiro atoms. The molecule has 3 aromatic carbocycles. The van der Waals surface area contributed by atoms with Crippen LogP contribution in [0.3, 0.4) is 0 Å². The minimum atomic E-state index is -0.640. The SMILES string of the molecule is O=Cc1ccc(C(=O)OCC(=O)Nc2ccc(Oc3ccccc3)cc2)cc1. The minimum absolute atomic E-state index is 0.265. The second-order valence-electron chi connectivity index (χ2n) is 5.80. The molecule has 140 valence electrons. The topological polar surface area (TPSA) is 81.7 Å². The van der Waals surface area contributed by atoms with Crippen LogP contribution in [0, 0.1) is 0 Å². The third-order valence-electron chi connectivity index (χ3n) is 3.73. The van der Waals surface area contributed by atoms with Crippen LogP contribution in [0.25, 0.3) is 0 Å². The predicted molar refractivity (Wildman–Crippen MR) is 104 cm³/mol. The molecule has 1 N–H and O–H groups in total. The zero-order valence-corrected chi connectivity index (χ0v) is 14.8. The number of hydrogen-bond donors (Lipinski definition) is 1. The number of benzene rings is 3. The molecule has 0 aliphatic rings. The van der Waals surface area contributed by atoms with Gasteiger partial charge in [-0.1, -0.05) is 30.3 Å². The van der Waals surface area contributed by atoms with E-state index < -0.39 is 18.5 Å². The molecule has 0 heterocycles. The van der Waals surface area contributed by atoms with Crippen LogP contribution in [0.1, 0.15) is 20.7 Å². The van der Waals surface area contributed by atoms with Gasteiger partial charge in [0.1, 0.15) is 17.8 Å². The molecule has 0 atom stereocenters. The molecule has 0 unspecified atom stereocenters. The summed E-state index contributed by atoms with van der Waals surface area (Å²) in [5.41, 5.74) is 1.27. The Hall–Kier alpha value is -3.93. The lowest BCUT2D eigenvalue weighted by Gasteiger charge is -2.09. The van der Waals surface area contributed by atoms with Gasteiger partial charge < -0.3 is 14.8 Å². The molecule has 0 fully saturated rings. The van der Waals surface area contributed by atoms with Crippen LogP contribution in [0.5, 0.6) is 11.5 Å². The molecule has 6 heteroatoms. The predicted octanol–water partition coefficient (Wildman–Crippen LogP) is 4.09. The summed E-state index contributed by atoms with van der Waals surface area (Å²) in [6.45, 7) is -0.420. The van der Waals surface area contributed by atoms with E-state index in [0.717, 1.165) is 0 Å². The van der Waals surface area contributed by atoms with E-state index in [9.17, 15) is 14.4 Å². The van der Waals surface area contributed by atoms with Crippen LogP contribution in [0.2, 0.25) is 0 Å². The van der Waals surface area contributed by atoms with Crippen molar-refractivity contribution in [2.24, 2.45) is 0 Å². The van der Waals surface area contributed by atoms with Crippen LogP contribution in [-0.2, 0) is 9.53 Å². The Balaban J connectivity index is 1.48. The van der Waals surface area contributed by atoms with Gasteiger partial charge in [-0.3, -0.25) is 9.59 Å². The largest absolute Gasteiger partial charge is 0.457 e. The van der Waals surface area contributed by atoms with Crippen LogP contribution in [0.4, 0.5) is 5.69 Å². The molecule has 0 radical (unpaired) electrons. The molecule has 0 aromatic heterocycles. The van der Waals surface area contributed by atoms with Crippen LogP contribution >= 0.6 is 0 Å². The number of para-hydroxylation sites is 1. The van der Waals surface area contributed by atoms with Crippen molar-refractivity contribution in [1.29, 1.82) is 0 Å². The summed E-state index contributed by atoms with van der Waals surface area (Å²) in [7, 11) is 0. The second-order valence-corrected chi connectivity index (χ2v) is 5.80. The quantitative estimate of drug-likeness (QED) is 0.497. The van der Waals surface area contributed by atoms with Crippen molar-refractivity contribution in [3.63, 3.8) is 0 Å². The summed E-state index contributed by atoms with van der Waals surface area (Å²) in [5, 5.41) is 2.64. The molecule has 28 heavy (non-hydrogen) atoms. The Kier molecular flexibility index (Phi) is 6.15. The van der Waals surface area contributed by atoms with Crippen molar-refractivity contribution in [1.82, 2.24) is 0 Å². The first-order chi connectivity index (χ1) is 13.6. The van der Waals surface area contributed by atoms with Gasteiger partial charge in [-0.05, 0) is 48.5 Å². The zero-order valence-electron chi connectivity index (χ0n) is 14.8. The average Bonchev–Trinajstić information content (AvgIpc) is 2.74. The van der Waals surface area contributed by atoms with Crippen molar-refractivity contribution in [3.8, 4) is 11.5 Å². The molecule has 3 rings (SSSR count). The number of rotatable bonds is 7. The minimum Gasteiger partial charge on any atom is -0.457 e. The number of carbonyl (C=O) groups excluding carboxylic acids is 3. The van der Waals surface area contributed by atoms with Gasteiger partial charge in [0.15, 0.2) is 6.61 Å². The van der Waals surface area contributed by atoms with E-state index in [0.29, 0.717) is 29.0 Å². The number of hydrogen-bond acceptors (Lipinski definition) is 5. The standard InChI is InChI=1S/C22H17NO5/c24-14-16-6-8-17(9-7-16)22(26)27-15-21(25)23-18-10-12-20(13-11-18)28-19-4-2-1-3-5-19/h1-14H,15H2,(H,23,25). The highest BCUT2D eigenvalue weighted by molar-refractivity contribution is 5.95.